The molecule has 3 heterocycles. The highest BCUT2D eigenvalue weighted by atomic mass is 16.2. The number of aromatic nitrogens is 2. The highest BCUT2D eigenvalue weighted by Crippen LogP contribution is 2.27. The number of rotatable bonds is 1. The summed E-state index contributed by atoms with van der Waals surface area (Å²) < 4.78 is 3.09. The summed E-state index contributed by atoms with van der Waals surface area (Å²) in [6.07, 6.45) is 0.616. The first kappa shape index (κ1) is 13.3. The smallest absolute Gasteiger partial charge is 0.309 e. The fraction of sp³-hybridized carbons (Fsp3) is 0.400. The first-order valence-corrected chi connectivity index (χ1v) is 7.33. The molecule has 7 heteroatoms. The molecule has 1 aromatic heterocycles. The Labute approximate surface area is 125 Å². The van der Waals surface area contributed by atoms with E-state index in [2.05, 4.69) is 10.6 Å². The lowest BCUT2D eigenvalue weighted by Crippen LogP contribution is -2.44. The van der Waals surface area contributed by atoms with Crippen molar-refractivity contribution in [1.29, 1.82) is 0 Å². The first-order chi connectivity index (χ1) is 10.6. The predicted molar refractivity (Wildman–Crippen MR) is 79.1 cm³/mol. The average molecular weight is 300 g/mol. The van der Waals surface area contributed by atoms with Crippen LogP contribution < -0.4 is 16.3 Å². The maximum atomic E-state index is 12.6. The molecule has 0 saturated carbocycles. The minimum absolute atomic E-state index is 0.221. The van der Waals surface area contributed by atoms with Crippen molar-refractivity contribution in [2.75, 3.05) is 0 Å². The summed E-state index contributed by atoms with van der Waals surface area (Å²) in [5.74, 6) is -0.677. The van der Waals surface area contributed by atoms with E-state index in [1.165, 1.54) is 10.1 Å². The largest absolute Gasteiger partial charge is 0.329 e. The number of nitrogens with zero attached hydrogens (tertiary/aromatic N) is 2. The van der Waals surface area contributed by atoms with Gasteiger partial charge in [-0.15, -0.1) is 0 Å². The summed E-state index contributed by atoms with van der Waals surface area (Å²) in [7, 11) is 1.71. The Kier molecular flexibility index (Phi) is 2.74. The Morgan fingerprint density at radius 3 is 2.45 bits per heavy atom. The van der Waals surface area contributed by atoms with Crippen molar-refractivity contribution in [2.45, 2.75) is 32.0 Å². The molecule has 7 nitrogen and oxygen atoms in total. The zero-order valence-corrected chi connectivity index (χ0v) is 12.2. The van der Waals surface area contributed by atoms with Gasteiger partial charge in [-0.3, -0.25) is 24.0 Å². The molecule has 22 heavy (non-hydrogen) atoms. The van der Waals surface area contributed by atoms with Crippen molar-refractivity contribution >= 4 is 22.8 Å². The molecule has 4 rings (SSSR count). The van der Waals surface area contributed by atoms with E-state index >= 15 is 0 Å². The molecule has 2 amide bonds. The van der Waals surface area contributed by atoms with Crippen LogP contribution in [0.2, 0.25) is 0 Å². The standard InChI is InChI=1S/C15H16N4O3/c1-18-11-4-8-6-16-7-9(8)5-12(11)19(15(18)22)10-2-3-13(20)17-14(10)21/h4-5,10,16H,2-3,6-7H2,1H3,(H,17,20,21)/t10-/m0/s1. The number of hydrogen-bond acceptors (Lipinski definition) is 4. The quantitative estimate of drug-likeness (QED) is 0.722. The van der Waals surface area contributed by atoms with Crippen LogP contribution in [-0.4, -0.2) is 20.9 Å². The van der Waals surface area contributed by atoms with E-state index < -0.39 is 11.9 Å². The van der Waals surface area contributed by atoms with Gasteiger partial charge in [-0.05, 0) is 29.7 Å². The van der Waals surface area contributed by atoms with Crippen LogP contribution in [0.1, 0.15) is 30.0 Å². The maximum Gasteiger partial charge on any atom is 0.329 e. The molecule has 0 aliphatic carbocycles. The zero-order chi connectivity index (χ0) is 15.4. The number of imide groups is 1. The molecule has 2 aliphatic heterocycles. The molecule has 0 spiro atoms. The van der Waals surface area contributed by atoms with E-state index in [1.807, 2.05) is 12.1 Å². The van der Waals surface area contributed by atoms with E-state index in [0.717, 1.165) is 29.7 Å². The van der Waals surface area contributed by atoms with Crippen LogP contribution in [0.5, 0.6) is 0 Å². The Morgan fingerprint density at radius 1 is 1.09 bits per heavy atom. The molecule has 1 fully saturated rings. The molecule has 2 aliphatic rings. The molecule has 1 aromatic carbocycles. The maximum absolute atomic E-state index is 12.6. The number of hydrogen-bond donors (Lipinski definition) is 2. The number of piperidine rings is 1. The Balaban J connectivity index is 1.94. The predicted octanol–water partition coefficient (Wildman–Crippen LogP) is -0.0791. The van der Waals surface area contributed by atoms with Crippen LogP contribution in [0.15, 0.2) is 16.9 Å². The van der Waals surface area contributed by atoms with Crippen molar-refractivity contribution in [3.63, 3.8) is 0 Å². The highest BCUT2D eigenvalue weighted by Gasteiger charge is 2.31. The van der Waals surface area contributed by atoms with Gasteiger partial charge in [0, 0.05) is 26.6 Å². The average Bonchev–Trinajstić information content (AvgIpc) is 3.03. The molecule has 0 unspecified atom stereocenters. The van der Waals surface area contributed by atoms with Crippen molar-refractivity contribution in [3.05, 3.63) is 33.7 Å². The summed E-state index contributed by atoms with van der Waals surface area (Å²) >= 11 is 0. The van der Waals surface area contributed by atoms with E-state index in [1.54, 1.807) is 11.6 Å². The van der Waals surface area contributed by atoms with Crippen molar-refractivity contribution in [2.24, 2.45) is 7.05 Å². The summed E-state index contributed by atoms with van der Waals surface area (Å²) in [5.41, 5.74) is 3.69. The summed E-state index contributed by atoms with van der Waals surface area (Å²) in [4.78, 5) is 36.0. The molecule has 2 aromatic rings. The Bertz CT molecular complexity index is 877. The van der Waals surface area contributed by atoms with Crippen LogP contribution >= 0.6 is 0 Å². The Hall–Kier alpha value is -2.41. The second-order valence-corrected chi connectivity index (χ2v) is 5.89. The molecular formula is C15H16N4O3. The van der Waals surface area contributed by atoms with Gasteiger partial charge in [-0.25, -0.2) is 4.79 Å². The van der Waals surface area contributed by atoms with Crippen molar-refractivity contribution in [1.82, 2.24) is 19.8 Å². The number of nitrogens with one attached hydrogen (secondary N) is 2. The fourth-order valence-electron chi connectivity index (χ4n) is 3.38. The number of benzene rings is 1. The lowest BCUT2D eigenvalue weighted by molar-refractivity contribution is -0.135. The minimum Gasteiger partial charge on any atom is -0.309 e. The normalized spacial score (nSPS) is 21.2. The number of aryl methyl sites for hydroxylation is 1. The molecule has 1 atom stereocenters. The highest BCUT2D eigenvalue weighted by molar-refractivity contribution is 6.00. The number of imidazole rings is 1. The molecular weight excluding hydrogens is 284 g/mol. The number of carbonyl (C=O) groups is 2. The summed E-state index contributed by atoms with van der Waals surface area (Å²) in [6, 6.07) is 3.37. The van der Waals surface area contributed by atoms with Crippen LogP contribution in [0.3, 0.4) is 0 Å². The van der Waals surface area contributed by atoms with Gasteiger partial charge in [0.25, 0.3) is 0 Å². The zero-order valence-electron chi connectivity index (χ0n) is 12.2. The number of amides is 2. The third-order valence-electron chi connectivity index (χ3n) is 4.56. The topological polar surface area (TPSA) is 85.1 Å². The number of carbonyl (C=O) groups excluding carboxylic acids is 2. The SMILES string of the molecule is Cn1c(=O)n([C@H]2CCC(=O)NC2=O)c2cc3c(cc21)CNC3. The lowest BCUT2D eigenvalue weighted by Gasteiger charge is -2.22. The van der Waals surface area contributed by atoms with Gasteiger partial charge in [0.2, 0.25) is 11.8 Å². The van der Waals surface area contributed by atoms with Crippen molar-refractivity contribution in [3.8, 4) is 0 Å². The summed E-state index contributed by atoms with van der Waals surface area (Å²) in [5, 5.41) is 5.60. The van der Waals surface area contributed by atoms with Crippen LogP contribution in [0.25, 0.3) is 11.0 Å². The number of fused-ring (bicyclic) bond motifs is 2. The van der Waals surface area contributed by atoms with Gasteiger partial charge < -0.3 is 5.32 Å². The van der Waals surface area contributed by atoms with Crippen LogP contribution in [-0.2, 0) is 29.7 Å². The van der Waals surface area contributed by atoms with Crippen LogP contribution in [0.4, 0.5) is 0 Å². The molecule has 2 N–H and O–H groups in total. The van der Waals surface area contributed by atoms with Gasteiger partial charge in [0.05, 0.1) is 11.0 Å². The van der Waals surface area contributed by atoms with Gasteiger partial charge in [-0.1, -0.05) is 0 Å². The minimum atomic E-state index is -0.624. The van der Waals surface area contributed by atoms with E-state index in [0.29, 0.717) is 6.42 Å². The van der Waals surface area contributed by atoms with E-state index in [-0.39, 0.29) is 18.0 Å². The monoisotopic (exact) mass is 300 g/mol. The first-order valence-electron chi connectivity index (χ1n) is 7.33. The van der Waals surface area contributed by atoms with Gasteiger partial charge >= 0.3 is 5.69 Å². The van der Waals surface area contributed by atoms with E-state index in [9.17, 15) is 14.4 Å². The van der Waals surface area contributed by atoms with Gasteiger partial charge in [0.15, 0.2) is 0 Å². The van der Waals surface area contributed by atoms with Crippen LogP contribution in [0, 0.1) is 0 Å². The molecule has 1 saturated heterocycles. The van der Waals surface area contributed by atoms with Crippen molar-refractivity contribution < 1.29 is 9.59 Å². The van der Waals surface area contributed by atoms with E-state index in [4.69, 9.17) is 0 Å². The second-order valence-electron chi connectivity index (χ2n) is 5.89. The molecule has 0 bridgehead atoms. The third-order valence-corrected chi connectivity index (χ3v) is 4.56. The second kappa shape index (κ2) is 4.54. The Morgan fingerprint density at radius 2 is 1.77 bits per heavy atom. The fourth-order valence-corrected chi connectivity index (χ4v) is 3.38. The lowest BCUT2D eigenvalue weighted by atomic mass is 10.0. The molecule has 0 radical (unpaired) electrons. The molecule has 114 valence electrons. The van der Waals surface area contributed by atoms with Gasteiger partial charge in [0.1, 0.15) is 6.04 Å². The van der Waals surface area contributed by atoms with Gasteiger partial charge in [-0.2, -0.15) is 0 Å². The third kappa shape index (κ3) is 1.75. The summed E-state index contributed by atoms with van der Waals surface area (Å²) in [6.45, 7) is 1.56.